The molecule has 1 aromatic carbocycles. The molecule has 1 aromatic heterocycles. The van der Waals surface area contributed by atoms with Gasteiger partial charge in [-0.05, 0) is 18.6 Å². The van der Waals surface area contributed by atoms with Crippen molar-refractivity contribution in [2.45, 2.75) is 32.6 Å². The molecule has 0 aliphatic heterocycles. The molecule has 0 saturated heterocycles. The lowest BCUT2D eigenvalue weighted by Crippen LogP contribution is -2.10. The topological polar surface area (TPSA) is 62.2 Å². The van der Waals surface area contributed by atoms with Gasteiger partial charge in [0.05, 0.1) is 5.69 Å². The Morgan fingerprint density at radius 1 is 1.35 bits per heavy atom. The Morgan fingerprint density at radius 2 is 2.15 bits per heavy atom. The second kappa shape index (κ2) is 7.05. The first-order valence-electron chi connectivity index (χ1n) is 6.74. The zero-order valence-corrected chi connectivity index (χ0v) is 12.2. The van der Waals surface area contributed by atoms with Gasteiger partial charge >= 0.3 is 0 Å². The van der Waals surface area contributed by atoms with Crippen LogP contribution in [0.15, 0.2) is 29.6 Å². The second-order valence-corrected chi connectivity index (χ2v) is 5.42. The number of hydrogen-bond acceptors (Lipinski definition) is 4. The average Bonchev–Trinajstić information content (AvgIpc) is 2.88. The molecule has 0 atom stereocenters. The molecule has 5 heteroatoms. The predicted molar refractivity (Wildman–Crippen MR) is 82.0 cm³/mol. The zero-order chi connectivity index (χ0) is 14.4. The standard InChI is InChI=1S/C15H18N2O2S/c1-2-3-4-9-14(19)17-15-16-12(10-20-15)11-7-5-6-8-13(11)18/h5-8,10,18H,2-4,9H2,1H3,(H,16,17,19). The fraction of sp³-hybridized carbons (Fsp3) is 0.333. The number of amides is 1. The summed E-state index contributed by atoms with van der Waals surface area (Å²) in [6, 6.07) is 7.04. The van der Waals surface area contributed by atoms with Crippen molar-refractivity contribution in [1.29, 1.82) is 0 Å². The molecule has 4 nitrogen and oxygen atoms in total. The summed E-state index contributed by atoms with van der Waals surface area (Å²) in [4.78, 5) is 16.0. The van der Waals surface area contributed by atoms with E-state index in [-0.39, 0.29) is 11.7 Å². The Bertz CT molecular complexity index is 581. The lowest BCUT2D eigenvalue weighted by atomic mass is 10.1. The third kappa shape index (κ3) is 3.81. The highest BCUT2D eigenvalue weighted by atomic mass is 32.1. The summed E-state index contributed by atoms with van der Waals surface area (Å²) in [5.41, 5.74) is 1.35. The van der Waals surface area contributed by atoms with Gasteiger partial charge in [-0.25, -0.2) is 4.98 Å². The zero-order valence-electron chi connectivity index (χ0n) is 11.4. The molecule has 0 unspecified atom stereocenters. The van der Waals surface area contributed by atoms with Crippen LogP contribution in [0.4, 0.5) is 5.13 Å². The monoisotopic (exact) mass is 290 g/mol. The number of benzene rings is 1. The molecule has 2 rings (SSSR count). The van der Waals surface area contributed by atoms with Crippen molar-refractivity contribution in [3.05, 3.63) is 29.6 Å². The molecule has 2 aromatic rings. The number of hydrogen-bond donors (Lipinski definition) is 2. The number of aromatic nitrogens is 1. The fourth-order valence-electron chi connectivity index (χ4n) is 1.86. The minimum Gasteiger partial charge on any atom is -0.507 e. The Morgan fingerprint density at radius 3 is 2.90 bits per heavy atom. The molecule has 0 fully saturated rings. The summed E-state index contributed by atoms with van der Waals surface area (Å²) in [6.45, 7) is 2.11. The summed E-state index contributed by atoms with van der Waals surface area (Å²) < 4.78 is 0. The van der Waals surface area contributed by atoms with Gasteiger partial charge in [0, 0.05) is 17.4 Å². The van der Waals surface area contributed by atoms with Crippen molar-refractivity contribution < 1.29 is 9.90 Å². The number of para-hydroxylation sites is 1. The lowest BCUT2D eigenvalue weighted by molar-refractivity contribution is -0.116. The lowest BCUT2D eigenvalue weighted by Gasteiger charge is -2.01. The van der Waals surface area contributed by atoms with E-state index in [1.807, 2.05) is 11.4 Å². The second-order valence-electron chi connectivity index (χ2n) is 4.56. The number of unbranched alkanes of at least 4 members (excludes halogenated alkanes) is 2. The Labute approximate surface area is 122 Å². The first kappa shape index (κ1) is 14.5. The number of carbonyl (C=O) groups is 1. The number of nitrogens with zero attached hydrogens (tertiary/aromatic N) is 1. The third-order valence-electron chi connectivity index (χ3n) is 2.94. The SMILES string of the molecule is CCCCCC(=O)Nc1nc(-c2ccccc2O)cs1. The van der Waals surface area contributed by atoms with Gasteiger partial charge in [-0.15, -0.1) is 11.3 Å². The number of anilines is 1. The predicted octanol–water partition coefficient (Wildman–Crippen LogP) is 4.03. The summed E-state index contributed by atoms with van der Waals surface area (Å²) in [6.07, 6.45) is 3.59. The molecule has 0 radical (unpaired) electrons. The largest absolute Gasteiger partial charge is 0.507 e. The fourth-order valence-corrected chi connectivity index (χ4v) is 2.59. The molecular formula is C15H18N2O2S. The van der Waals surface area contributed by atoms with Crippen LogP contribution in [-0.4, -0.2) is 16.0 Å². The van der Waals surface area contributed by atoms with Gasteiger partial charge in [-0.3, -0.25) is 4.79 Å². The van der Waals surface area contributed by atoms with Gasteiger partial charge in [0.1, 0.15) is 5.75 Å². The number of rotatable bonds is 6. The number of nitrogens with one attached hydrogen (secondary N) is 1. The van der Waals surface area contributed by atoms with E-state index < -0.39 is 0 Å². The van der Waals surface area contributed by atoms with Crippen LogP contribution in [0.25, 0.3) is 11.3 Å². The highest BCUT2D eigenvalue weighted by Crippen LogP contribution is 2.31. The molecule has 0 spiro atoms. The summed E-state index contributed by atoms with van der Waals surface area (Å²) in [5, 5.41) is 15.0. The van der Waals surface area contributed by atoms with E-state index in [1.54, 1.807) is 18.2 Å². The van der Waals surface area contributed by atoms with Crippen LogP contribution in [-0.2, 0) is 4.79 Å². The summed E-state index contributed by atoms with van der Waals surface area (Å²) in [7, 11) is 0. The minimum atomic E-state index is -0.00312. The van der Waals surface area contributed by atoms with Gasteiger partial charge in [-0.1, -0.05) is 31.9 Å². The summed E-state index contributed by atoms with van der Waals surface area (Å²) >= 11 is 1.37. The van der Waals surface area contributed by atoms with Crippen molar-refractivity contribution in [1.82, 2.24) is 4.98 Å². The van der Waals surface area contributed by atoms with Gasteiger partial charge in [0.25, 0.3) is 0 Å². The molecule has 106 valence electrons. The Balaban J connectivity index is 1.99. The van der Waals surface area contributed by atoms with Crippen molar-refractivity contribution in [2.75, 3.05) is 5.32 Å². The number of carbonyl (C=O) groups excluding carboxylic acids is 1. The maximum atomic E-state index is 11.7. The van der Waals surface area contributed by atoms with E-state index >= 15 is 0 Å². The summed E-state index contributed by atoms with van der Waals surface area (Å²) in [5.74, 6) is 0.190. The van der Waals surface area contributed by atoms with Crippen LogP contribution < -0.4 is 5.32 Å². The number of aromatic hydroxyl groups is 1. The highest BCUT2D eigenvalue weighted by Gasteiger charge is 2.10. The molecule has 2 N–H and O–H groups in total. The van der Waals surface area contributed by atoms with Crippen LogP contribution in [0.1, 0.15) is 32.6 Å². The van der Waals surface area contributed by atoms with E-state index in [1.165, 1.54) is 11.3 Å². The van der Waals surface area contributed by atoms with Gasteiger partial charge in [0.2, 0.25) is 5.91 Å². The Hall–Kier alpha value is -1.88. The molecule has 1 heterocycles. The first-order valence-corrected chi connectivity index (χ1v) is 7.62. The molecule has 0 bridgehead atoms. The third-order valence-corrected chi connectivity index (χ3v) is 3.70. The van der Waals surface area contributed by atoms with Crippen LogP contribution in [0.5, 0.6) is 5.75 Å². The first-order chi connectivity index (χ1) is 9.70. The maximum Gasteiger partial charge on any atom is 0.226 e. The molecule has 20 heavy (non-hydrogen) atoms. The van der Waals surface area contributed by atoms with Crippen molar-refractivity contribution in [3.8, 4) is 17.0 Å². The number of thiazole rings is 1. The molecule has 0 aliphatic carbocycles. The molecule has 1 amide bonds. The van der Waals surface area contributed by atoms with Gasteiger partial charge in [0.15, 0.2) is 5.13 Å². The van der Waals surface area contributed by atoms with Crippen molar-refractivity contribution >= 4 is 22.4 Å². The Kier molecular flexibility index (Phi) is 5.12. The van der Waals surface area contributed by atoms with Crippen LogP contribution in [0.2, 0.25) is 0 Å². The van der Waals surface area contributed by atoms with E-state index in [0.717, 1.165) is 19.3 Å². The normalized spacial score (nSPS) is 10.4. The molecule has 0 saturated carbocycles. The van der Waals surface area contributed by atoms with Crippen LogP contribution >= 0.6 is 11.3 Å². The quantitative estimate of drug-likeness (QED) is 0.789. The average molecular weight is 290 g/mol. The smallest absolute Gasteiger partial charge is 0.226 e. The van der Waals surface area contributed by atoms with Gasteiger partial charge in [-0.2, -0.15) is 0 Å². The number of phenolic OH excluding ortho intramolecular Hbond substituents is 1. The van der Waals surface area contributed by atoms with E-state index in [4.69, 9.17) is 0 Å². The van der Waals surface area contributed by atoms with Crippen molar-refractivity contribution in [3.63, 3.8) is 0 Å². The van der Waals surface area contributed by atoms with Crippen LogP contribution in [0, 0.1) is 0 Å². The van der Waals surface area contributed by atoms with Gasteiger partial charge < -0.3 is 10.4 Å². The van der Waals surface area contributed by atoms with E-state index in [0.29, 0.717) is 22.8 Å². The van der Waals surface area contributed by atoms with Crippen molar-refractivity contribution in [2.24, 2.45) is 0 Å². The number of phenols is 1. The maximum absolute atomic E-state index is 11.7. The van der Waals surface area contributed by atoms with E-state index in [2.05, 4.69) is 17.2 Å². The molecule has 0 aliphatic rings. The van der Waals surface area contributed by atoms with E-state index in [9.17, 15) is 9.90 Å². The molecular weight excluding hydrogens is 272 g/mol. The highest BCUT2D eigenvalue weighted by molar-refractivity contribution is 7.14. The van der Waals surface area contributed by atoms with Crippen LogP contribution in [0.3, 0.4) is 0 Å². The minimum absolute atomic E-state index is 0.00312.